The highest BCUT2D eigenvalue weighted by Gasteiger charge is 2.28. The van der Waals surface area contributed by atoms with Gasteiger partial charge in [-0.1, -0.05) is 0 Å². The SMILES string of the molecule is CC(C)(C)S(=O)(=O)CCOc1cc(C(=O)O)ccc1Br. The topological polar surface area (TPSA) is 80.7 Å². The summed E-state index contributed by atoms with van der Waals surface area (Å²) in [5, 5.41) is 8.89. The second kappa shape index (κ2) is 6.13. The predicted molar refractivity (Wildman–Crippen MR) is 80.1 cm³/mol. The van der Waals surface area contributed by atoms with Gasteiger partial charge in [-0.05, 0) is 54.9 Å². The predicted octanol–water partition coefficient (Wildman–Crippen LogP) is 2.74. The molecule has 1 N–H and O–H groups in total. The van der Waals surface area contributed by atoms with Crippen molar-refractivity contribution in [3.05, 3.63) is 28.2 Å². The summed E-state index contributed by atoms with van der Waals surface area (Å²) in [5.41, 5.74) is 0.0851. The first-order valence-corrected chi connectivity index (χ1v) is 8.37. The summed E-state index contributed by atoms with van der Waals surface area (Å²) in [5.74, 6) is -0.876. The summed E-state index contributed by atoms with van der Waals surface area (Å²) in [6, 6.07) is 4.35. The Balaban J connectivity index is 2.77. The van der Waals surface area contributed by atoms with Crippen LogP contribution in [0.2, 0.25) is 0 Å². The quantitative estimate of drug-likeness (QED) is 0.868. The number of carbonyl (C=O) groups is 1. The van der Waals surface area contributed by atoms with Crippen molar-refractivity contribution in [2.24, 2.45) is 0 Å². The van der Waals surface area contributed by atoms with Crippen LogP contribution in [0.15, 0.2) is 22.7 Å². The normalized spacial score (nSPS) is 12.2. The van der Waals surface area contributed by atoms with Crippen LogP contribution in [-0.2, 0) is 9.84 Å². The highest BCUT2D eigenvalue weighted by atomic mass is 79.9. The van der Waals surface area contributed by atoms with Crippen LogP contribution in [0, 0.1) is 0 Å². The van der Waals surface area contributed by atoms with E-state index in [4.69, 9.17) is 9.84 Å². The van der Waals surface area contributed by atoms with Crippen molar-refractivity contribution in [1.29, 1.82) is 0 Å². The molecule has 0 fully saturated rings. The summed E-state index contributed by atoms with van der Waals surface area (Å²) in [7, 11) is -3.26. The van der Waals surface area contributed by atoms with Gasteiger partial charge < -0.3 is 9.84 Å². The van der Waals surface area contributed by atoms with Gasteiger partial charge in [0.1, 0.15) is 12.4 Å². The van der Waals surface area contributed by atoms with Crippen molar-refractivity contribution in [2.45, 2.75) is 25.5 Å². The van der Waals surface area contributed by atoms with Crippen LogP contribution in [0.3, 0.4) is 0 Å². The molecule has 0 atom stereocenters. The molecular formula is C13H17BrO5S. The van der Waals surface area contributed by atoms with Crippen molar-refractivity contribution in [2.75, 3.05) is 12.4 Å². The van der Waals surface area contributed by atoms with Crippen molar-refractivity contribution in [1.82, 2.24) is 0 Å². The van der Waals surface area contributed by atoms with Gasteiger partial charge in [-0.2, -0.15) is 0 Å². The number of aromatic carboxylic acids is 1. The molecule has 0 aromatic heterocycles. The van der Waals surface area contributed by atoms with Crippen LogP contribution < -0.4 is 4.74 Å². The number of halogens is 1. The molecule has 0 saturated heterocycles. The van der Waals surface area contributed by atoms with Crippen LogP contribution >= 0.6 is 15.9 Å². The largest absolute Gasteiger partial charge is 0.491 e. The van der Waals surface area contributed by atoms with Gasteiger partial charge in [-0.3, -0.25) is 0 Å². The van der Waals surface area contributed by atoms with Crippen LogP contribution in [0.25, 0.3) is 0 Å². The molecule has 0 bridgehead atoms. The van der Waals surface area contributed by atoms with Crippen molar-refractivity contribution in [3.63, 3.8) is 0 Å². The zero-order valence-electron chi connectivity index (χ0n) is 11.5. The highest BCUT2D eigenvalue weighted by molar-refractivity contribution is 9.10. The summed E-state index contributed by atoms with van der Waals surface area (Å²) in [6.07, 6.45) is 0. The lowest BCUT2D eigenvalue weighted by Crippen LogP contribution is -2.32. The van der Waals surface area contributed by atoms with E-state index in [1.54, 1.807) is 26.8 Å². The summed E-state index contributed by atoms with van der Waals surface area (Å²) >= 11 is 3.23. The minimum atomic E-state index is -3.26. The number of rotatable bonds is 5. The molecule has 0 radical (unpaired) electrons. The van der Waals surface area contributed by atoms with Crippen LogP contribution in [0.1, 0.15) is 31.1 Å². The third kappa shape index (κ3) is 4.21. The van der Waals surface area contributed by atoms with E-state index in [2.05, 4.69) is 15.9 Å². The maximum atomic E-state index is 11.9. The molecule has 0 spiro atoms. The third-order valence-corrected chi connectivity index (χ3v) is 5.95. The fraction of sp³-hybridized carbons (Fsp3) is 0.462. The van der Waals surface area contributed by atoms with Gasteiger partial charge in [-0.15, -0.1) is 0 Å². The number of sulfone groups is 1. The summed E-state index contributed by atoms with van der Waals surface area (Å²) in [6.45, 7) is 4.86. The molecule has 7 heteroatoms. The number of carboxylic acids is 1. The number of hydrogen-bond acceptors (Lipinski definition) is 4. The van der Waals surface area contributed by atoms with E-state index >= 15 is 0 Å². The van der Waals surface area contributed by atoms with Gasteiger partial charge in [0, 0.05) is 0 Å². The maximum Gasteiger partial charge on any atom is 0.335 e. The van der Waals surface area contributed by atoms with E-state index in [9.17, 15) is 13.2 Å². The smallest absolute Gasteiger partial charge is 0.335 e. The molecule has 1 aromatic rings. The lowest BCUT2D eigenvalue weighted by atomic mass is 10.2. The molecule has 0 aliphatic rings. The van der Waals surface area contributed by atoms with Crippen LogP contribution in [0.5, 0.6) is 5.75 Å². The second-order valence-corrected chi connectivity index (χ2v) is 8.95. The van der Waals surface area contributed by atoms with Gasteiger partial charge in [0.25, 0.3) is 0 Å². The maximum absolute atomic E-state index is 11.9. The van der Waals surface area contributed by atoms with Gasteiger partial charge in [0.15, 0.2) is 9.84 Å². The Kier molecular flexibility index (Phi) is 5.21. The monoisotopic (exact) mass is 364 g/mol. The number of carboxylic acid groups (broad SMARTS) is 1. The number of ether oxygens (including phenoxy) is 1. The molecule has 0 unspecified atom stereocenters. The molecule has 5 nitrogen and oxygen atoms in total. The van der Waals surface area contributed by atoms with Crippen LogP contribution in [-0.4, -0.2) is 36.6 Å². The first kappa shape index (κ1) is 17.0. The zero-order chi connectivity index (χ0) is 15.6. The fourth-order valence-electron chi connectivity index (χ4n) is 1.31. The molecule has 0 saturated carbocycles. The molecular weight excluding hydrogens is 348 g/mol. The minimum Gasteiger partial charge on any atom is -0.491 e. The lowest BCUT2D eigenvalue weighted by molar-refractivity contribution is 0.0696. The Labute approximate surface area is 127 Å². The molecule has 0 aliphatic carbocycles. The summed E-state index contributed by atoms with van der Waals surface area (Å²) < 4.78 is 28.9. The molecule has 20 heavy (non-hydrogen) atoms. The average molecular weight is 365 g/mol. The number of hydrogen-bond donors (Lipinski definition) is 1. The fourth-order valence-corrected chi connectivity index (χ4v) is 2.59. The van der Waals surface area contributed by atoms with E-state index in [-0.39, 0.29) is 17.9 Å². The highest BCUT2D eigenvalue weighted by Crippen LogP contribution is 2.26. The van der Waals surface area contributed by atoms with Crippen LogP contribution in [0.4, 0.5) is 0 Å². The summed E-state index contributed by atoms with van der Waals surface area (Å²) in [4.78, 5) is 10.9. The van der Waals surface area contributed by atoms with E-state index in [0.29, 0.717) is 10.2 Å². The van der Waals surface area contributed by atoms with Crippen molar-refractivity contribution in [3.8, 4) is 5.75 Å². The Bertz CT molecular complexity index is 602. The standard InChI is InChI=1S/C13H17BrO5S/c1-13(2,3)20(17,18)7-6-19-11-8-9(12(15)16)4-5-10(11)14/h4-5,8H,6-7H2,1-3H3,(H,15,16). The second-order valence-electron chi connectivity index (χ2n) is 5.23. The first-order chi connectivity index (χ1) is 9.04. The Morgan fingerprint density at radius 2 is 1.95 bits per heavy atom. The van der Waals surface area contributed by atoms with Crippen molar-refractivity contribution < 1.29 is 23.1 Å². The zero-order valence-corrected chi connectivity index (χ0v) is 13.9. The lowest BCUT2D eigenvalue weighted by Gasteiger charge is -2.19. The molecule has 0 heterocycles. The van der Waals surface area contributed by atoms with E-state index < -0.39 is 20.6 Å². The van der Waals surface area contributed by atoms with E-state index in [1.807, 2.05) is 0 Å². The van der Waals surface area contributed by atoms with Crippen molar-refractivity contribution >= 4 is 31.7 Å². The third-order valence-electron chi connectivity index (χ3n) is 2.72. The van der Waals surface area contributed by atoms with E-state index in [1.165, 1.54) is 12.1 Å². The molecule has 1 aromatic carbocycles. The first-order valence-electron chi connectivity index (χ1n) is 5.92. The Morgan fingerprint density at radius 1 is 1.35 bits per heavy atom. The molecule has 1 rings (SSSR count). The van der Waals surface area contributed by atoms with Gasteiger partial charge in [-0.25, -0.2) is 13.2 Å². The Hall–Kier alpha value is -1.08. The number of benzene rings is 1. The minimum absolute atomic E-state index is 0.0265. The molecule has 112 valence electrons. The van der Waals surface area contributed by atoms with Gasteiger partial charge in [0.2, 0.25) is 0 Å². The molecule has 0 amide bonds. The van der Waals surface area contributed by atoms with Gasteiger partial charge in [0.05, 0.1) is 20.5 Å². The van der Waals surface area contributed by atoms with Gasteiger partial charge >= 0.3 is 5.97 Å². The average Bonchev–Trinajstić information content (AvgIpc) is 2.29. The molecule has 0 aliphatic heterocycles. The van der Waals surface area contributed by atoms with E-state index in [0.717, 1.165) is 0 Å². The Morgan fingerprint density at radius 3 is 2.45 bits per heavy atom.